The summed E-state index contributed by atoms with van der Waals surface area (Å²) < 4.78 is 6.87. The fourth-order valence-electron chi connectivity index (χ4n) is 3.54. The molecule has 1 aliphatic rings. The third-order valence-corrected chi connectivity index (χ3v) is 5.76. The first-order valence-corrected chi connectivity index (χ1v) is 10.4. The molecule has 0 aliphatic carbocycles. The Hall–Kier alpha value is -2.87. The molecule has 0 fully saturated rings. The van der Waals surface area contributed by atoms with Crippen LogP contribution in [-0.2, 0) is 20.9 Å². The molecule has 1 aromatic heterocycles. The second kappa shape index (κ2) is 8.70. The van der Waals surface area contributed by atoms with Gasteiger partial charge in [-0.3, -0.25) is 9.59 Å². The summed E-state index contributed by atoms with van der Waals surface area (Å²) >= 11 is 11.9. The van der Waals surface area contributed by atoms with E-state index >= 15 is 0 Å². The van der Waals surface area contributed by atoms with Crippen molar-refractivity contribution in [3.63, 3.8) is 0 Å². The van der Waals surface area contributed by atoms with Gasteiger partial charge in [0.15, 0.2) is 0 Å². The van der Waals surface area contributed by atoms with Gasteiger partial charge < -0.3 is 15.4 Å². The minimum Gasteiger partial charge on any atom is -0.378 e. The first kappa shape index (κ1) is 21.4. The van der Waals surface area contributed by atoms with Gasteiger partial charge in [0, 0.05) is 18.4 Å². The molecule has 2 N–H and O–H groups in total. The largest absolute Gasteiger partial charge is 0.378 e. The molecular formula is C22H20Cl2N4O3. The van der Waals surface area contributed by atoms with Crippen molar-refractivity contribution in [1.29, 1.82) is 0 Å². The zero-order valence-electron chi connectivity index (χ0n) is 16.9. The predicted octanol–water partition coefficient (Wildman–Crippen LogP) is 4.83. The number of hydrogen-bond acceptors (Lipinski definition) is 4. The van der Waals surface area contributed by atoms with E-state index in [1.807, 2.05) is 31.2 Å². The molecule has 2 aromatic carbocycles. The van der Waals surface area contributed by atoms with E-state index < -0.39 is 6.04 Å². The Kier molecular flexibility index (Phi) is 6.00. The van der Waals surface area contributed by atoms with Crippen LogP contribution in [0.15, 0.2) is 42.5 Å². The first-order chi connectivity index (χ1) is 14.9. The standard InChI is InChI=1S/C22H20Cl2N4O3/c1-12-3-5-13(6-4-12)20-17(11-31-2)27-28-18(22(30)26-21(20)28)10-19(29)25-14-7-8-15(23)16(24)9-14/h3-9,18H,10-11H2,1-2H3,(H,25,29)(H,26,30). The maximum Gasteiger partial charge on any atom is 0.251 e. The van der Waals surface area contributed by atoms with E-state index in [0.29, 0.717) is 27.2 Å². The van der Waals surface area contributed by atoms with Crippen LogP contribution in [0.25, 0.3) is 11.1 Å². The highest BCUT2D eigenvalue weighted by atomic mass is 35.5. The van der Waals surface area contributed by atoms with E-state index in [4.69, 9.17) is 27.9 Å². The minimum absolute atomic E-state index is 0.0828. The normalized spacial score (nSPS) is 15.0. The molecule has 3 aromatic rings. The zero-order valence-corrected chi connectivity index (χ0v) is 18.4. The van der Waals surface area contributed by atoms with Gasteiger partial charge in [-0.15, -0.1) is 0 Å². The van der Waals surface area contributed by atoms with Gasteiger partial charge in [-0.05, 0) is 30.7 Å². The van der Waals surface area contributed by atoms with Crippen LogP contribution >= 0.6 is 23.2 Å². The van der Waals surface area contributed by atoms with Crippen molar-refractivity contribution >= 4 is 46.5 Å². The Morgan fingerprint density at radius 3 is 2.61 bits per heavy atom. The summed E-state index contributed by atoms with van der Waals surface area (Å²) in [6, 6.07) is 12.0. The second-order valence-electron chi connectivity index (χ2n) is 7.30. The Morgan fingerprint density at radius 1 is 1.19 bits per heavy atom. The van der Waals surface area contributed by atoms with Crippen LogP contribution in [0.3, 0.4) is 0 Å². The van der Waals surface area contributed by atoms with Crippen LogP contribution in [0.2, 0.25) is 10.0 Å². The molecule has 4 rings (SSSR count). The molecule has 9 heteroatoms. The number of carbonyl (C=O) groups excluding carboxylic acids is 2. The lowest BCUT2D eigenvalue weighted by Gasteiger charge is -2.10. The Morgan fingerprint density at radius 2 is 1.94 bits per heavy atom. The number of nitrogens with one attached hydrogen (secondary N) is 2. The molecule has 2 amide bonds. The van der Waals surface area contributed by atoms with Gasteiger partial charge in [0.25, 0.3) is 5.91 Å². The number of aromatic nitrogens is 2. The number of halogens is 2. The summed E-state index contributed by atoms with van der Waals surface area (Å²) in [5, 5.41) is 10.9. The van der Waals surface area contributed by atoms with E-state index in [9.17, 15) is 9.59 Å². The predicted molar refractivity (Wildman–Crippen MR) is 120 cm³/mol. The molecule has 7 nitrogen and oxygen atoms in total. The smallest absolute Gasteiger partial charge is 0.251 e. The Bertz CT molecular complexity index is 1160. The molecule has 0 bridgehead atoms. The van der Waals surface area contributed by atoms with E-state index in [2.05, 4.69) is 15.7 Å². The number of aryl methyl sites for hydroxylation is 1. The summed E-state index contributed by atoms with van der Waals surface area (Å²) in [6.07, 6.45) is -0.0828. The van der Waals surface area contributed by atoms with Crippen LogP contribution in [0.1, 0.15) is 23.7 Å². The molecule has 1 unspecified atom stereocenters. The van der Waals surface area contributed by atoms with Crippen LogP contribution in [0.4, 0.5) is 11.5 Å². The lowest BCUT2D eigenvalue weighted by molar-refractivity contribution is -0.123. The van der Waals surface area contributed by atoms with Gasteiger partial charge in [-0.2, -0.15) is 5.10 Å². The fourth-order valence-corrected chi connectivity index (χ4v) is 3.84. The summed E-state index contributed by atoms with van der Waals surface area (Å²) in [6.45, 7) is 2.29. The van der Waals surface area contributed by atoms with E-state index in [-0.39, 0.29) is 24.8 Å². The number of anilines is 2. The average Bonchev–Trinajstić information content (AvgIpc) is 3.21. The number of carbonyl (C=O) groups is 2. The molecule has 2 heterocycles. The van der Waals surface area contributed by atoms with Gasteiger partial charge in [-0.25, -0.2) is 4.68 Å². The lowest BCUT2D eigenvalue weighted by atomic mass is 10.0. The van der Waals surface area contributed by atoms with Crippen molar-refractivity contribution in [3.8, 4) is 11.1 Å². The average molecular weight is 459 g/mol. The zero-order chi connectivity index (χ0) is 22.1. The van der Waals surface area contributed by atoms with Gasteiger partial charge in [0.2, 0.25) is 5.91 Å². The van der Waals surface area contributed by atoms with Crippen molar-refractivity contribution in [2.45, 2.75) is 26.0 Å². The highest BCUT2D eigenvalue weighted by Gasteiger charge is 2.37. The fraction of sp³-hybridized carbons (Fsp3) is 0.227. The van der Waals surface area contributed by atoms with Crippen molar-refractivity contribution in [2.24, 2.45) is 0 Å². The van der Waals surface area contributed by atoms with E-state index in [1.165, 1.54) is 0 Å². The van der Waals surface area contributed by atoms with Gasteiger partial charge >= 0.3 is 0 Å². The highest BCUT2D eigenvalue weighted by Crippen LogP contribution is 2.39. The highest BCUT2D eigenvalue weighted by molar-refractivity contribution is 6.42. The number of methoxy groups -OCH3 is 1. The third kappa shape index (κ3) is 4.30. The number of amides is 2. The van der Waals surface area contributed by atoms with Crippen molar-refractivity contribution in [2.75, 3.05) is 17.7 Å². The Labute approximate surface area is 189 Å². The maximum absolute atomic E-state index is 12.7. The van der Waals surface area contributed by atoms with Crippen molar-refractivity contribution < 1.29 is 14.3 Å². The molecule has 160 valence electrons. The second-order valence-corrected chi connectivity index (χ2v) is 8.11. The monoisotopic (exact) mass is 458 g/mol. The third-order valence-electron chi connectivity index (χ3n) is 5.03. The van der Waals surface area contributed by atoms with Gasteiger partial charge in [0.05, 0.1) is 28.8 Å². The van der Waals surface area contributed by atoms with Crippen molar-refractivity contribution in [1.82, 2.24) is 9.78 Å². The molecule has 0 saturated carbocycles. The van der Waals surface area contributed by atoms with Crippen LogP contribution in [-0.4, -0.2) is 28.7 Å². The van der Waals surface area contributed by atoms with E-state index in [0.717, 1.165) is 16.7 Å². The molecule has 1 aliphatic heterocycles. The minimum atomic E-state index is -0.771. The molecular weight excluding hydrogens is 439 g/mol. The topological polar surface area (TPSA) is 85.2 Å². The van der Waals surface area contributed by atoms with Crippen LogP contribution in [0.5, 0.6) is 0 Å². The van der Waals surface area contributed by atoms with Gasteiger partial charge in [-0.1, -0.05) is 53.0 Å². The summed E-state index contributed by atoms with van der Waals surface area (Å²) in [4.78, 5) is 25.3. The summed E-state index contributed by atoms with van der Waals surface area (Å²) in [5.74, 6) is -0.0653. The summed E-state index contributed by atoms with van der Waals surface area (Å²) in [7, 11) is 1.59. The van der Waals surface area contributed by atoms with Gasteiger partial charge in [0.1, 0.15) is 11.9 Å². The maximum atomic E-state index is 12.7. The molecule has 0 saturated heterocycles. The first-order valence-electron chi connectivity index (χ1n) is 9.60. The number of fused-ring (bicyclic) bond motifs is 1. The lowest BCUT2D eigenvalue weighted by Crippen LogP contribution is -2.24. The number of nitrogens with zero attached hydrogens (tertiary/aromatic N) is 2. The molecule has 0 spiro atoms. The summed E-state index contributed by atoms with van der Waals surface area (Å²) in [5.41, 5.74) is 4.03. The van der Waals surface area contributed by atoms with E-state index in [1.54, 1.807) is 30.0 Å². The Balaban J connectivity index is 1.61. The quantitative estimate of drug-likeness (QED) is 0.553. The number of ether oxygens (including phenoxy) is 1. The molecule has 31 heavy (non-hydrogen) atoms. The number of benzene rings is 2. The molecule has 1 atom stereocenters. The number of rotatable bonds is 6. The van der Waals surface area contributed by atoms with Crippen molar-refractivity contribution in [3.05, 3.63) is 63.8 Å². The van der Waals surface area contributed by atoms with Crippen LogP contribution < -0.4 is 10.6 Å². The SMILES string of the molecule is COCc1nn2c(c1-c1ccc(C)cc1)NC(=O)C2CC(=O)Nc1ccc(Cl)c(Cl)c1. The van der Waals surface area contributed by atoms with Crippen LogP contribution in [0, 0.1) is 6.92 Å². The number of hydrogen-bond donors (Lipinski definition) is 2. The molecule has 0 radical (unpaired) electrons.